The predicted octanol–water partition coefficient (Wildman–Crippen LogP) is 3.47. The summed E-state index contributed by atoms with van der Waals surface area (Å²) >= 11 is 0. The number of benzene rings is 1. The van der Waals surface area contributed by atoms with Gasteiger partial charge in [-0.1, -0.05) is 37.6 Å². The smallest absolute Gasteiger partial charge is 0.0769 e. The van der Waals surface area contributed by atoms with Crippen LogP contribution in [0.3, 0.4) is 0 Å². The van der Waals surface area contributed by atoms with E-state index >= 15 is 0 Å². The molecule has 2 rings (SSSR count). The standard InChI is InChI=1S/C16H25NO/c1-3-4-12-18-15-11-7-9-13-8-5-6-10-14(13)16(15)17-2/h5-6,8,10,15-17H,3-4,7,9,11-12H2,1-2H3. The lowest BCUT2D eigenvalue weighted by atomic mass is 9.98. The first-order valence-corrected chi connectivity index (χ1v) is 7.23. The summed E-state index contributed by atoms with van der Waals surface area (Å²) in [5, 5.41) is 3.45. The van der Waals surface area contributed by atoms with Crippen LogP contribution in [0.15, 0.2) is 24.3 Å². The highest BCUT2D eigenvalue weighted by Gasteiger charge is 2.26. The van der Waals surface area contributed by atoms with Gasteiger partial charge in [0.05, 0.1) is 12.1 Å². The number of hydrogen-bond acceptors (Lipinski definition) is 2. The zero-order chi connectivity index (χ0) is 12.8. The third-order valence-electron chi connectivity index (χ3n) is 3.84. The van der Waals surface area contributed by atoms with E-state index < -0.39 is 0 Å². The maximum atomic E-state index is 6.10. The van der Waals surface area contributed by atoms with Crippen LogP contribution < -0.4 is 5.32 Å². The maximum Gasteiger partial charge on any atom is 0.0769 e. The van der Waals surface area contributed by atoms with Crippen molar-refractivity contribution in [2.45, 2.75) is 51.2 Å². The van der Waals surface area contributed by atoms with Gasteiger partial charge in [0.1, 0.15) is 0 Å². The van der Waals surface area contributed by atoms with Crippen molar-refractivity contribution in [2.75, 3.05) is 13.7 Å². The fourth-order valence-electron chi connectivity index (χ4n) is 2.83. The van der Waals surface area contributed by atoms with Crippen molar-refractivity contribution in [3.8, 4) is 0 Å². The molecule has 1 N–H and O–H groups in total. The topological polar surface area (TPSA) is 21.3 Å². The highest BCUT2D eigenvalue weighted by Crippen LogP contribution is 2.30. The van der Waals surface area contributed by atoms with Gasteiger partial charge < -0.3 is 10.1 Å². The summed E-state index contributed by atoms with van der Waals surface area (Å²) in [5.41, 5.74) is 2.91. The summed E-state index contributed by atoms with van der Waals surface area (Å²) in [7, 11) is 2.04. The van der Waals surface area contributed by atoms with Crippen LogP contribution in [0, 0.1) is 0 Å². The molecule has 0 radical (unpaired) electrons. The summed E-state index contributed by atoms with van der Waals surface area (Å²) in [6, 6.07) is 9.13. The molecule has 1 aromatic carbocycles. The first-order valence-electron chi connectivity index (χ1n) is 7.23. The van der Waals surface area contributed by atoms with Crippen LogP contribution in [0.5, 0.6) is 0 Å². The van der Waals surface area contributed by atoms with Crippen LogP contribution >= 0.6 is 0 Å². The lowest BCUT2D eigenvalue weighted by Crippen LogP contribution is -2.31. The molecule has 1 aliphatic carbocycles. The fraction of sp³-hybridized carbons (Fsp3) is 0.625. The average Bonchev–Trinajstić information content (AvgIpc) is 2.58. The highest BCUT2D eigenvalue weighted by molar-refractivity contribution is 5.32. The van der Waals surface area contributed by atoms with Gasteiger partial charge in [-0.25, -0.2) is 0 Å². The van der Waals surface area contributed by atoms with Crippen molar-refractivity contribution < 1.29 is 4.74 Å². The predicted molar refractivity (Wildman–Crippen MR) is 75.8 cm³/mol. The van der Waals surface area contributed by atoms with Gasteiger partial charge in [0.2, 0.25) is 0 Å². The molecule has 2 atom stereocenters. The Balaban J connectivity index is 2.12. The van der Waals surface area contributed by atoms with E-state index in [1.54, 1.807) is 0 Å². The molecule has 0 aromatic heterocycles. The van der Waals surface area contributed by atoms with E-state index in [1.807, 2.05) is 7.05 Å². The van der Waals surface area contributed by atoms with E-state index in [9.17, 15) is 0 Å². The molecule has 0 bridgehead atoms. The van der Waals surface area contributed by atoms with Crippen LogP contribution in [0.2, 0.25) is 0 Å². The van der Waals surface area contributed by atoms with E-state index in [2.05, 4.69) is 36.5 Å². The summed E-state index contributed by atoms with van der Waals surface area (Å²) in [6.07, 6.45) is 6.25. The number of fused-ring (bicyclic) bond motifs is 1. The van der Waals surface area contributed by atoms with Crippen LogP contribution in [0.25, 0.3) is 0 Å². The number of ether oxygens (including phenoxy) is 1. The minimum absolute atomic E-state index is 0.324. The van der Waals surface area contributed by atoms with Crippen molar-refractivity contribution in [1.82, 2.24) is 5.32 Å². The summed E-state index contributed by atoms with van der Waals surface area (Å²) in [5.74, 6) is 0. The quantitative estimate of drug-likeness (QED) is 0.635. The Morgan fingerprint density at radius 2 is 2.17 bits per heavy atom. The Morgan fingerprint density at radius 3 is 2.94 bits per heavy atom. The zero-order valence-electron chi connectivity index (χ0n) is 11.6. The van der Waals surface area contributed by atoms with Gasteiger partial charge in [-0.05, 0) is 43.9 Å². The zero-order valence-corrected chi connectivity index (χ0v) is 11.6. The molecule has 1 aromatic rings. The molecule has 100 valence electrons. The largest absolute Gasteiger partial charge is 0.376 e. The van der Waals surface area contributed by atoms with Crippen LogP contribution in [-0.4, -0.2) is 19.8 Å². The first kappa shape index (κ1) is 13.6. The second-order valence-corrected chi connectivity index (χ2v) is 5.12. The van der Waals surface area contributed by atoms with Gasteiger partial charge in [0.25, 0.3) is 0 Å². The number of nitrogens with one attached hydrogen (secondary N) is 1. The lowest BCUT2D eigenvalue weighted by molar-refractivity contribution is 0.0212. The molecule has 0 saturated heterocycles. The third kappa shape index (κ3) is 3.12. The van der Waals surface area contributed by atoms with Crippen molar-refractivity contribution >= 4 is 0 Å². The number of hydrogen-bond donors (Lipinski definition) is 1. The van der Waals surface area contributed by atoms with Crippen LogP contribution in [0.4, 0.5) is 0 Å². The van der Waals surface area contributed by atoms with Gasteiger partial charge in [-0.2, -0.15) is 0 Å². The van der Waals surface area contributed by atoms with Gasteiger partial charge in [-0.3, -0.25) is 0 Å². The second-order valence-electron chi connectivity index (χ2n) is 5.12. The normalized spacial score (nSPS) is 23.4. The number of unbranched alkanes of at least 4 members (excludes halogenated alkanes) is 1. The van der Waals surface area contributed by atoms with Gasteiger partial charge >= 0.3 is 0 Å². The van der Waals surface area contributed by atoms with E-state index in [0.29, 0.717) is 12.1 Å². The van der Waals surface area contributed by atoms with E-state index in [-0.39, 0.29) is 0 Å². The summed E-state index contributed by atoms with van der Waals surface area (Å²) < 4.78 is 6.10. The fourth-order valence-corrected chi connectivity index (χ4v) is 2.83. The third-order valence-corrected chi connectivity index (χ3v) is 3.84. The number of rotatable bonds is 5. The molecular formula is C16H25NO. The molecule has 2 unspecified atom stereocenters. The van der Waals surface area contributed by atoms with Gasteiger partial charge in [0, 0.05) is 6.61 Å². The molecule has 1 aliphatic rings. The first-order chi connectivity index (χ1) is 8.86. The Bertz CT molecular complexity index is 364. The molecular weight excluding hydrogens is 222 g/mol. The van der Waals surface area contributed by atoms with Crippen molar-refractivity contribution in [1.29, 1.82) is 0 Å². The Kier molecular flexibility index (Phi) is 5.21. The molecule has 0 spiro atoms. The van der Waals surface area contributed by atoms with Crippen molar-refractivity contribution in [3.05, 3.63) is 35.4 Å². The second kappa shape index (κ2) is 6.91. The molecule has 2 nitrogen and oxygen atoms in total. The van der Waals surface area contributed by atoms with E-state index in [4.69, 9.17) is 4.74 Å². The molecule has 0 aliphatic heterocycles. The lowest BCUT2D eigenvalue weighted by Gasteiger charge is -2.26. The Morgan fingerprint density at radius 1 is 1.33 bits per heavy atom. The van der Waals surface area contributed by atoms with Gasteiger partial charge in [0.15, 0.2) is 0 Å². The van der Waals surface area contributed by atoms with Crippen molar-refractivity contribution in [3.63, 3.8) is 0 Å². The SMILES string of the molecule is CCCCOC1CCCc2ccccc2C1NC. The highest BCUT2D eigenvalue weighted by atomic mass is 16.5. The number of aryl methyl sites for hydroxylation is 1. The summed E-state index contributed by atoms with van der Waals surface area (Å²) in [4.78, 5) is 0. The van der Waals surface area contributed by atoms with Crippen LogP contribution in [0.1, 0.15) is 49.8 Å². The summed E-state index contributed by atoms with van der Waals surface area (Å²) in [6.45, 7) is 3.10. The van der Waals surface area contributed by atoms with E-state index in [1.165, 1.54) is 30.4 Å². The Hall–Kier alpha value is -0.860. The molecule has 0 amide bonds. The monoisotopic (exact) mass is 247 g/mol. The van der Waals surface area contributed by atoms with Gasteiger partial charge in [-0.15, -0.1) is 0 Å². The molecule has 0 saturated carbocycles. The van der Waals surface area contributed by atoms with Crippen molar-refractivity contribution in [2.24, 2.45) is 0 Å². The number of likely N-dealkylation sites (N-methyl/N-ethyl adjacent to an activating group) is 1. The molecule has 0 heterocycles. The minimum atomic E-state index is 0.324. The van der Waals surface area contributed by atoms with Crippen LogP contribution in [-0.2, 0) is 11.2 Å². The maximum absolute atomic E-state index is 6.10. The van der Waals surface area contributed by atoms with E-state index in [0.717, 1.165) is 19.4 Å². The molecule has 0 fully saturated rings. The molecule has 18 heavy (non-hydrogen) atoms. The minimum Gasteiger partial charge on any atom is -0.376 e. The average molecular weight is 247 g/mol. The Labute approximate surface area is 111 Å². The molecule has 2 heteroatoms.